The van der Waals surface area contributed by atoms with E-state index in [-0.39, 0.29) is 17.1 Å². The molecule has 0 aliphatic carbocycles. The zero-order chi connectivity index (χ0) is 15.7. The molecule has 7 nitrogen and oxygen atoms in total. The average molecular weight is 292 g/mol. The van der Waals surface area contributed by atoms with Crippen LogP contribution in [0.2, 0.25) is 0 Å². The fraction of sp³-hybridized carbons (Fsp3) is 0.154. The zero-order valence-corrected chi connectivity index (χ0v) is 11.1. The Morgan fingerprint density at radius 1 is 1.33 bits per heavy atom. The van der Waals surface area contributed by atoms with E-state index >= 15 is 0 Å². The van der Waals surface area contributed by atoms with E-state index in [4.69, 9.17) is 16.6 Å². The van der Waals surface area contributed by atoms with Crippen LogP contribution in [0.15, 0.2) is 24.3 Å². The molecule has 2 rings (SSSR count). The molecule has 0 fully saturated rings. The van der Waals surface area contributed by atoms with Gasteiger partial charge < -0.3 is 16.6 Å². The number of hydrogen-bond donors (Lipinski definition) is 3. The fourth-order valence-electron chi connectivity index (χ4n) is 1.94. The van der Waals surface area contributed by atoms with E-state index < -0.39 is 23.6 Å². The molecule has 0 saturated heterocycles. The van der Waals surface area contributed by atoms with Gasteiger partial charge in [0.2, 0.25) is 0 Å². The monoisotopic (exact) mass is 292 g/mol. The molecular formula is C13H13FN4O3. The third-order valence-corrected chi connectivity index (χ3v) is 3.04. The number of carboxylic acids is 1. The Morgan fingerprint density at radius 3 is 2.38 bits per heavy atom. The largest absolute Gasteiger partial charge is 0.481 e. The lowest BCUT2D eigenvalue weighted by Crippen LogP contribution is -2.15. The lowest BCUT2D eigenvalue weighted by atomic mass is 10.1. The summed E-state index contributed by atoms with van der Waals surface area (Å²) in [5.74, 6) is -3.48. The normalized spacial score (nSPS) is 12.1. The Bertz CT molecular complexity index is 709. The van der Waals surface area contributed by atoms with Crippen molar-refractivity contribution in [3.8, 4) is 5.69 Å². The molecule has 0 spiro atoms. The van der Waals surface area contributed by atoms with Crippen molar-refractivity contribution in [1.29, 1.82) is 0 Å². The number of nitrogen functional groups attached to an aromatic ring is 1. The number of halogens is 1. The molecule has 8 heteroatoms. The summed E-state index contributed by atoms with van der Waals surface area (Å²) >= 11 is 0. The van der Waals surface area contributed by atoms with Crippen LogP contribution in [-0.2, 0) is 4.79 Å². The lowest BCUT2D eigenvalue weighted by Gasteiger charge is -2.11. The molecule has 2 aromatic rings. The Morgan fingerprint density at radius 2 is 1.90 bits per heavy atom. The summed E-state index contributed by atoms with van der Waals surface area (Å²) < 4.78 is 14.2. The van der Waals surface area contributed by atoms with Crippen LogP contribution < -0.4 is 11.5 Å². The third-order valence-electron chi connectivity index (χ3n) is 3.04. The molecule has 1 heterocycles. The minimum Gasteiger partial charge on any atom is -0.481 e. The molecule has 0 aliphatic rings. The lowest BCUT2D eigenvalue weighted by molar-refractivity contribution is -0.138. The second-order valence-corrected chi connectivity index (χ2v) is 4.46. The average Bonchev–Trinajstić information content (AvgIpc) is 2.76. The molecular weight excluding hydrogens is 279 g/mol. The van der Waals surface area contributed by atoms with Gasteiger partial charge in [-0.25, -0.2) is 9.07 Å². The van der Waals surface area contributed by atoms with Crippen LogP contribution in [0.4, 0.5) is 10.1 Å². The Balaban J connectivity index is 2.69. The van der Waals surface area contributed by atoms with Gasteiger partial charge in [0.25, 0.3) is 5.91 Å². The highest BCUT2D eigenvalue weighted by molar-refractivity contribution is 5.97. The van der Waals surface area contributed by atoms with Crippen molar-refractivity contribution >= 4 is 17.6 Å². The van der Waals surface area contributed by atoms with Gasteiger partial charge in [-0.2, -0.15) is 5.10 Å². The number of amides is 1. The fourth-order valence-corrected chi connectivity index (χ4v) is 1.94. The van der Waals surface area contributed by atoms with E-state index in [0.717, 1.165) is 0 Å². The van der Waals surface area contributed by atoms with Gasteiger partial charge in [-0.15, -0.1) is 0 Å². The third kappa shape index (κ3) is 2.55. The van der Waals surface area contributed by atoms with Gasteiger partial charge in [-0.1, -0.05) is 0 Å². The molecule has 1 atom stereocenters. The van der Waals surface area contributed by atoms with Gasteiger partial charge in [-0.3, -0.25) is 9.59 Å². The highest BCUT2D eigenvalue weighted by Gasteiger charge is 2.27. The van der Waals surface area contributed by atoms with Crippen molar-refractivity contribution in [2.75, 3.05) is 5.73 Å². The van der Waals surface area contributed by atoms with Gasteiger partial charge >= 0.3 is 5.97 Å². The number of carbonyl (C=O) groups is 2. The first-order valence-electron chi connectivity index (χ1n) is 6.00. The predicted molar refractivity (Wildman–Crippen MR) is 72.5 cm³/mol. The van der Waals surface area contributed by atoms with E-state index in [1.54, 1.807) is 0 Å². The van der Waals surface area contributed by atoms with Crippen molar-refractivity contribution in [2.45, 2.75) is 12.8 Å². The number of anilines is 1. The summed E-state index contributed by atoms with van der Waals surface area (Å²) in [6, 6.07) is 5.16. The number of aliphatic carboxylic acids is 1. The van der Waals surface area contributed by atoms with Crippen LogP contribution >= 0.6 is 0 Å². The van der Waals surface area contributed by atoms with Crippen LogP contribution in [0.25, 0.3) is 5.69 Å². The first kappa shape index (κ1) is 14.5. The number of carboxylic acid groups (broad SMARTS) is 1. The van der Waals surface area contributed by atoms with Crippen LogP contribution in [-0.4, -0.2) is 26.8 Å². The SMILES string of the molecule is CC(C(=O)O)c1c(N)c(C(N)=O)nn1-c1ccc(F)cc1. The van der Waals surface area contributed by atoms with Crippen LogP contribution in [0.1, 0.15) is 29.0 Å². The predicted octanol–water partition coefficient (Wildman–Crippen LogP) is 0.881. The maximum absolute atomic E-state index is 13.0. The highest BCUT2D eigenvalue weighted by Crippen LogP contribution is 2.28. The smallest absolute Gasteiger partial charge is 0.312 e. The number of aromatic nitrogens is 2. The molecule has 1 aromatic carbocycles. The van der Waals surface area contributed by atoms with Crippen molar-refractivity contribution in [3.63, 3.8) is 0 Å². The van der Waals surface area contributed by atoms with E-state index in [0.29, 0.717) is 5.69 Å². The number of rotatable bonds is 4. The van der Waals surface area contributed by atoms with E-state index in [9.17, 15) is 14.0 Å². The molecule has 1 unspecified atom stereocenters. The second-order valence-electron chi connectivity index (χ2n) is 4.46. The first-order valence-corrected chi connectivity index (χ1v) is 6.00. The van der Waals surface area contributed by atoms with E-state index in [2.05, 4.69) is 5.10 Å². The van der Waals surface area contributed by atoms with E-state index in [1.165, 1.54) is 35.9 Å². The maximum atomic E-state index is 13.0. The number of carbonyl (C=O) groups excluding carboxylic acids is 1. The maximum Gasteiger partial charge on any atom is 0.312 e. The van der Waals surface area contributed by atoms with E-state index in [1.807, 2.05) is 0 Å². The second kappa shape index (κ2) is 5.23. The summed E-state index contributed by atoms with van der Waals surface area (Å²) in [5, 5.41) is 13.1. The Kier molecular flexibility index (Phi) is 3.62. The van der Waals surface area contributed by atoms with Crippen LogP contribution in [0.3, 0.4) is 0 Å². The van der Waals surface area contributed by atoms with Gasteiger partial charge in [0.15, 0.2) is 5.69 Å². The number of nitrogens with zero attached hydrogens (tertiary/aromatic N) is 2. The molecule has 1 aromatic heterocycles. The topological polar surface area (TPSA) is 124 Å². The number of nitrogens with two attached hydrogens (primary N) is 2. The van der Waals surface area contributed by atoms with Crippen molar-refractivity contribution in [3.05, 3.63) is 41.5 Å². The number of primary amides is 1. The van der Waals surface area contributed by atoms with Crippen molar-refractivity contribution < 1.29 is 19.1 Å². The minimum atomic E-state index is -1.14. The Labute approximate surface area is 119 Å². The molecule has 5 N–H and O–H groups in total. The summed E-state index contributed by atoms with van der Waals surface area (Å²) in [7, 11) is 0. The van der Waals surface area contributed by atoms with Crippen LogP contribution in [0.5, 0.6) is 0 Å². The quantitative estimate of drug-likeness (QED) is 0.771. The van der Waals surface area contributed by atoms with Crippen molar-refractivity contribution in [2.24, 2.45) is 5.73 Å². The van der Waals surface area contributed by atoms with Crippen LogP contribution in [0, 0.1) is 5.82 Å². The summed E-state index contributed by atoms with van der Waals surface area (Å²) in [4.78, 5) is 22.5. The summed E-state index contributed by atoms with van der Waals surface area (Å²) in [6.07, 6.45) is 0. The van der Waals surface area contributed by atoms with Gasteiger partial charge in [0, 0.05) is 0 Å². The molecule has 0 aliphatic heterocycles. The summed E-state index contributed by atoms with van der Waals surface area (Å²) in [5.41, 5.74) is 11.1. The molecule has 0 radical (unpaired) electrons. The van der Waals surface area contributed by atoms with Crippen molar-refractivity contribution in [1.82, 2.24) is 9.78 Å². The minimum absolute atomic E-state index is 0.0956. The van der Waals surface area contributed by atoms with Gasteiger partial charge in [-0.05, 0) is 31.2 Å². The molecule has 0 bridgehead atoms. The van der Waals surface area contributed by atoms with Gasteiger partial charge in [0.05, 0.1) is 23.0 Å². The molecule has 21 heavy (non-hydrogen) atoms. The first-order chi connectivity index (χ1) is 9.82. The number of hydrogen-bond acceptors (Lipinski definition) is 4. The Hall–Kier alpha value is -2.90. The zero-order valence-electron chi connectivity index (χ0n) is 11.1. The molecule has 0 saturated carbocycles. The molecule has 1 amide bonds. The summed E-state index contributed by atoms with van der Waals surface area (Å²) in [6.45, 7) is 1.40. The van der Waals surface area contributed by atoms with Gasteiger partial charge in [0.1, 0.15) is 5.82 Å². The standard InChI is InChI=1S/C13H13FN4O3/c1-6(13(20)21)11-9(15)10(12(16)19)17-18(11)8-4-2-7(14)3-5-8/h2-6H,15H2,1H3,(H2,16,19)(H,20,21). The molecule has 110 valence electrons. The number of benzene rings is 1. The highest BCUT2D eigenvalue weighted by atomic mass is 19.1.